The Bertz CT molecular complexity index is 807. The van der Waals surface area contributed by atoms with Gasteiger partial charge in [-0.25, -0.2) is 4.79 Å². The molecule has 0 aromatic heterocycles. The third kappa shape index (κ3) is 4.68. The molecule has 0 aliphatic carbocycles. The fourth-order valence-corrected chi connectivity index (χ4v) is 1.89. The number of hydrogen-bond acceptors (Lipinski definition) is 5. The average Bonchev–Trinajstić information content (AvgIpc) is 2.78. The third-order valence-corrected chi connectivity index (χ3v) is 3.26. The summed E-state index contributed by atoms with van der Waals surface area (Å²) in [5.74, 6) is -0.0871. The van der Waals surface area contributed by atoms with Gasteiger partial charge in [-0.3, -0.25) is 4.79 Å². The molecule has 0 bridgehead atoms. The van der Waals surface area contributed by atoms with Gasteiger partial charge in [0.25, 0.3) is 0 Å². The summed E-state index contributed by atoms with van der Waals surface area (Å²) in [5.41, 5.74) is 0.150. The van der Waals surface area contributed by atoms with E-state index in [4.69, 9.17) is 14.7 Å². The first-order valence-electron chi connectivity index (χ1n) is 7.63. The molecule has 0 amide bonds. The molecule has 122 valence electrons. The first-order valence-corrected chi connectivity index (χ1v) is 7.63. The van der Waals surface area contributed by atoms with Gasteiger partial charge >= 0.3 is 5.97 Å². The van der Waals surface area contributed by atoms with Crippen molar-refractivity contribution in [3.8, 4) is 17.6 Å². The zero-order valence-corrected chi connectivity index (χ0v) is 13.3. The number of nitrogens with zero attached hydrogens (tertiary/aromatic N) is 1. The molecule has 0 fully saturated rings. The van der Waals surface area contributed by atoms with E-state index in [0.717, 1.165) is 12.8 Å². The number of carbonyl (C=O) groups excluding carboxylic acids is 1. The molecule has 0 radical (unpaired) electrons. The number of esters is 1. The fraction of sp³-hybridized carbons (Fsp3) is 0.211. The van der Waals surface area contributed by atoms with Crippen LogP contribution in [0.5, 0.6) is 11.5 Å². The topological polar surface area (TPSA) is 76.4 Å². The summed E-state index contributed by atoms with van der Waals surface area (Å²) in [6.45, 7) is 2.71. The van der Waals surface area contributed by atoms with E-state index >= 15 is 0 Å². The van der Waals surface area contributed by atoms with Crippen LogP contribution in [0.25, 0.3) is 0 Å². The van der Waals surface area contributed by atoms with E-state index in [1.54, 1.807) is 24.3 Å². The Hall–Kier alpha value is -3.13. The van der Waals surface area contributed by atoms with Crippen molar-refractivity contribution in [1.82, 2.24) is 0 Å². The van der Waals surface area contributed by atoms with Crippen molar-refractivity contribution in [3.63, 3.8) is 0 Å². The Labute approximate surface area is 140 Å². The Morgan fingerprint density at radius 2 is 1.79 bits per heavy atom. The predicted octanol–water partition coefficient (Wildman–Crippen LogP) is 3.32. The van der Waals surface area contributed by atoms with E-state index < -0.39 is 11.4 Å². The summed E-state index contributed by atoms with van der Waals surface area (Å²) in [5, 5.41) is 8.82. The molecule has 2 aromatic rings. The van der Waals surface area contributed by atoms with Gasteiger partial charge in [0.05, 0.1) is 23.8 Å². The maximum Gasteiger partial charge on any atom is 0.343 e. The normalized spacial score (nSPS) is 9.83. The van der Waals surface area contributed by atoms with E-state index in [1.165, 1.54) is 24.3 Å². The highest BCUT2D eigenvalue weighted by molar-refractivity contribution is 5.91. The first-order chi connectivity index (χ1) is 11.6. The maximum absolute atomic E-state index is 12.1. The van der Waals surface area contributed by atoms with E-state index in [0.29, 0.717) is 23.5 Å². The number of rotatable bonds is 6. The first kappa shape index (κ1) is 17.2. The lowest BCUT2D eigenvalue weighted by Crippen LogP contribution is -2.13. The second-order valence-corrected chi connectivity index (χ2v) is 5.08. The molecular weight excluding hydrogens is 306 g/mol. The molecule has 0 aliphatic rings. The van der Waals surface area contributed by atoms with Crippen LogP contribution in [0.2, 0.25) is 0 Å². The monoisotopic (exact) mass is 323 g/mol. The predicted molar refractivity (Wildman–Crippen MR) is 89.2 cm³/mol. The van der Waals surface area contributed by atoms with Crippen molar-refractivity contribution in [2.45, 2.75) is 19.8 Å². The zero-order chi connectivity index (χ0) is 17.4. The van der Waals surface area contributed by atoms with Gasteiger partial charge in [0.2, 0.25) is 5.43 Å². The summed E-state index contributed by atoms with van der Waals surface area (Å²) >= 11 is 0. The fourth-order valence-electron chi connectivity index (χ4n) is 1.89. The molecule has 0 saturated heterocycles. The van der Waals surface area contributed by atoms with E-state index in [-0.39, 0.29) is 5.75 Å². The standard InChI is InChI=1S/C19H17NO4/c1-2-3-12-23-16-8-6-15(7-9-16)19(22)24-18-11-5-14(13-20)4-10-17(18)21/h4-11H,2-3,12H2,1H3. The highest BCUT2D eigenvalue weighted by atomic mass is 16.5. The third-order valence-electron chi connectivity index (χ3n) is 3.26. The van der Waals surface area contributed by atoms with Crippen LogP contribution in [0.4, 0.5) is 0 Å². The van der Waals surface area contributed by atoms with E-state index in [1.807, 2.05) is 6.07 Å². The molecule has 0 N–H and O–H groups in total. The molecule has 0 aliphatic heterocycles. The molecule has 24 heavy (non-hydrogen) atoms. The van der Waals surface area contributed by atoms with Gasteiger partial charge in [0.1, 0.15) is 5.75 Å². The average molecular weight is 323 g/mol. The summed E-state index contributed by atoms with van der Waals surface area (Å²) in [6.07, 6.45) is 2.01. The SMILES string of the molecule is CCCCOc1ccc(C(=O)Oc2ccc(C#N)ccc2=O)cc1. The van der Waals surface area contributed by atoms with E-state index in [2.05, 4.69) is 6.92 Å². The highest BCUT2D eigenvalue weighted by Gasteiger charge is 2.10. The molecule has 0 saturated carbocycles. The van der Waals surface area contributed by atoms with Crippen LogP contribution in [0.3, 0.4) is 0 Å². The van der Waals surface area contributed by atoms with Crippen LogP contribution in [-0.4, -0.2) is 12.6 Å². The minimum absolute atomic E-state index is 0.121. The quantitative estimate of drug-likeness (QED) is 0.602. The summed E-state index contributed by atoms with van der Waals surface area (Å²) in [4.78, 5) is 24.0. The van der Waals surface area contributed by atoms with Crippen molar-refractivity contribution in [3.05, 3.63) is 69.9 Å². The van der Waals surface area contributed by atoms with Crippen LogP contribution < -0.4 is 14.9 Å². The summed E-state index contributed by atoms with van der Waals surface area (Å²) < 4.78 is 10.7. The van der Waals surface area contributed by atoms with Gasteiger partial charge in [-0.15, -0.1) is 0 Å². The van der Waals surface area contributed by atoms with Crippen molar-refractivity contribution in [2.75, 3.05) is 6.61 Å². The van der Waals surface area contributed by atoms with Crippen LogP contribution >= 0.6 is 0 Å². The summed E-state index contributed by atoms with van der Waals surface area (Å²) in [6, 6.07) is 13.8. The molecule has 0 heterocycles. The van der Waals surface area contributed by atoms with Crippen LogP contribution in [-0.2, 0) is 0 Å². The Morgan fingerprint density at radius 3 is 2.46 bits per heavy atom. The number of hydrogen-bond donors (Lipinski definition) is 0. The molecule has 0 unspecified atom stereocenters. The molecular formula is C19H17NO4. The Morgan fingerprint density at radius 1 is 1.08 bits per heavy atom. The zero-order valence-electron chi connectivity index (χ0n) is 13.3. The lowest BCUT2D eigenvalue weighted by atomic mass is 10.2. The number of ether oxygens (including phenoxy) is 2. The molecule has 5 nitrogen and oxygen atoms in total. The van der Waals surface area contributed by atoms with Crippen LogP contribution in [0, 0.1) is 11.3 Å². The van der Waals surface area contributed by atoms with Gasteiger partial charge < -0.3 is 9.47 Å². The van der Waals surface area contributed by atoms with Crippen LogP contribution in [0.1, 0.15) is 35.7 Å². The lowest BCUT2D eigenvalue weighted by molar-refractivity contribution is 0.0733. The van der Waals surface area contributed by atoms with Crippen molar-refractivity contribution in [1.29, 1.82) is 5.26 Å². The van der Waals surface area contributed by atoms with Crippen molar-refractivity contribution >= 4 is 5.97 Å². The van der Waals surface area contributed by atoms with Gasteiger partial charge in [-0.05, 0) is 55.0 Å². The largest absolute Gasteiger partial charge is 0.494 e. The molecule has 2 aromatic carbocycles. The Balaban J connectivity index is 2.09. The van der Waals surface area contributed by atoms with Gasteiger partial charge in [0, 0.05) is 0 Å². The minimum Gasteiger partial charge on any atom is -0.494 e. The summed E-state index contributed by atoms with van der Waals surface area (Å²) in [7, 11) is 0. The van der Waals surface area contributed by atoms with Crippen LogP contribution in [0.15, 0.2) is 53.3 Å². The molecule has 5 heteroatoms. The van der Waals surface area contributed by atoms with E-state index in [9.17, 15) is 9.59 Å². The van der Waals surface area contributed by atoms with Gasteiger partial charge in [0.15, 0.2) is 5.75 Å². The smallest absolute Gasteiger partial charge is 0.343 e. The lowest BCUT2D eigenvalue weighted by Gasteiger charge is -2.06. The number of carbonyl (C=O) groups is 1. The number of benzene rings is 1. The second-order valence-electron chi connectivity index (χ2n) is 5.08. The van der Waals surface area contributed by atoms with Crippen molar-refractivity contribution < 1.29 is 14.3 Å². The second kappa shape index (κ2) is 8.49. The Kier molecular flexibility index (Phi) is 6.09. The van der Waals surface area contributed by atoms with Gasteiger partial charge in [-0.1, -0.05) is 13.3 Å². The van der Waals surface area contributed by atoms with Gasteiger partial charge in [-0.2, -0.15) is 5.26 Å². The molecule has 2 rings (SSSR count). The molecule has 0 spiro atoms. The maximum atomic E-state index is 12.1. The minimum atomic E-state index is -0.642. The van der Waals surface area contributed by atoms with Crippen molar-refractivity contribution in [2.24, 2.45) is 0 Å². The molecule has 0 atom stereocenters. The number of unbranched alkanes of at least 4 members (excludes halogenated alkanes) is 1. The number of nitriles is 1. The highest BCUT2D eigenvalue weighted by Crippen LogP contribution is 2.14.